The molecule has 15 heavy (non-hydrogen) atoms. The van der Waals surface area contributed by atoms with Crippen molar-refractivity contribution in [3.05, 3.63) is 28.5 Å². The first kappa shape index (κ1) is 11.7. The molecule has 1 atom stereocenters. The number of ether oxygens (including phenoxy) is 1. The summed E-state index contributed by atoms with van der Waals surface area (Å²) in [5.74, 6) is -2.65. The second-order valence-electron chi connectivity index (χ2n) is 2.75. The van der Waals surface area contributed by atoms with Crippen molar-refractivity contribution in [2.75, 3.05) is 7.11 Å². The van der Waals surface area contributed by atoms with Gasteiger partial charge < -0.3 is 14.9 Å². The summed E-state index contributed by atoms with van der Waals surface area (Å²) in [7, 11) is 1.17. The van der Waals surface area contributed by atoms with E-state index in [9.17, 15) is 14.3 Å². The minimum atomic E-state index is -1.87. The van der Waals surface area contributed by atoms with Gasteiger partial charge in [0, 0.05) is 10.6 Å². The van der Waals surface area contributed by atoms with E-state index < -0.39 is 17.9 Å². The van der Waals surface area contributed by atoms with Crippen LogP contribution in [0.2, 0.25) is 5.02 Å². The van der Waals surface area contributed by atoms with Crippen LogP contribution in [-0.4, -0.2) is 23.3 Å². The van der Waals surface area contributed by atoms with Crippen LogP contribution in [0.4, 0.5) is 4.39 Å². The minimum absolute atomic E-state index is 0.0106. The third-order valence-corrected chi connectivity index (χ3v) is 1.99. The van der Waals surface area contributed by atoms with E-state index in [-0.39, 0.29) is 16.3 Å². The van der Waals surface area contributed by atoms with Gasteiger partial charge in [-0.15, -0.1) is 0 Å². The van der Waals surface area contributed by atoms with Crippen LogP contribution < -0.4 is 4.74 Å². The number of carboxylic acid groups (broad SMARTS) is 1. The molecule has 1 unspecified atom stereocenters. The van der Waals surface area contributed by atoms with Gasteiger partial charge in [0.15, 0.2) is 17.7 Å². The first-order chi connectivity index (χ1) is 6.97. The third-order valence-electron chi connectivity index (χ3n) is 1.77. The Labute approximate surface area is 89.9 Å². The first-order valence-electron chi connectivity index (χ1n) is 3.91. The number of carboxylic acids is 1. The molecule has 82 valence electrons. The van der Waals surface area contributed by atoms with E-state index in [4.69, 9.17) is 16.7 Å². The highest BCUT2D eigenvalue weighted by Gasteiger charge is 2.23. The number of benzene rings is 1. The molecule has 2 N–H and O–H groups in total. The molecule has 0 aliphatic carbocycles. The lowest BCUT2D eigenvalue weighted by Gasteiger charge is -2.12. The fraction of sp³-hybridized carbons (Fsp3) is 0.222. The molecular weight excluding hydrogens is 227 g/mol. The molecule has 4 nitrogen and oxygen atoms in total. The van der Waals surface area contributed by atoms with Crippen LogP contribution in [0, 0.1) is 5.82 Å². The summed E-state index contributed by atoms with van der Waals surface area (Å²) in [6.07, 6.45) is -1.87. The van der Waals surface area contributed by atoms with E-state index in [0.29, 0.717) is 0 Å². The van der Waals surface area contributed by atoms with Crippen LogP contribution in [0.15, 0.2) is 12.1 Å². The molecule has 6 heteroatoms. The van der Waals surface area contributed by atoms with Crippen LogP contribution in [-0.2, 0) is 4.79 Å². The number of carbonyl (C=O) groups is 1. The largest absolute Gasteiger partial charge is 0.493 e. The van der Waals surface area contributed by atoms with Crippen LogP contribution >= 0.6 is 11.6 Å². The average molecular weight is 235 g/mol. The summed E-state index contributed by atoms with van der Waals surface area (Å²) in [5, 5.41) is 17.8. The van der Waals surface area contributed by atoms with Gasteiger partial charge in [0.25, 0.3) is 0 Å². The number of rotatable bonds is 3. The summed E-state index contributed by atoms with van der Waals surface area (Å²) >= 11 is 5.53. The SMILES string of the molecule is COc1c(F)cc(Cl)cc1C(O)C(=O)O. The number of hydrogen-bond donors (Lipinski definition) is 2. The van der Waals surface area contributed by atoms with Crippen LogP contribution in [0.5, 0.6) is 5.75 Å². The molecule has 0 aromatic heterocycles. The second-order valence-corrected chi connectivity index (χ2v) is 3.19. The highest BCUT2D eigenvalue weighted by atomic mass is 35.5. The Bertz CT molecular complexity index is 394. The van der Waals surface area contributed by atoms with Crippen molar-refractivity contribution in [2.24, 2.45) is 0 Å². The molecule has 0 bridgehead atoms. The van der Waals surface area contributed by atoms with Gasteiger partial charge in [0.2, 0.25) is 0 Å². The molecule has 1 aromatic rings. The third kappa shape index (κ3) is 2.37. The standard InChI is InChI=1S/C9H8ClFO4/c1-15-8-5(7(12)9(13)14)2-4(10)3-6(8)11/h2-3,7,12H,1H3,(H,13,14). The van der Waals surface area contributed by atoms with E-state index in [1.807, 2.05) is 0 Å². The van der Waals surface area contributed by atoms with Crippen LogP contribution in [0.3, 0.4) is 0 Å². The second kappa shape index (κ2) is 4.46. The number of halogens is 2. The summed E-state index contributed by atoms with van der Waals surface area (Å²) in [4.78, 5) is 10.5. The lowest BCUT2D eigenvalue weighted by Crippen LogP contribution is -2.12. The van der Waals surface area contributed by atoms with Gasteiger partial charge in [-0.2, -0.15) is 0 Å². The molecule has 0 spiro atoms. The van der Waals surface area contributed by atoms with Crippen molar-refractivity contribution in [1.29, 1.82) is 0 Å². The van der Waals surface area contributed by atoms with E-state index in [2.05, 4.69) is 4.74 Å². The maximum absolute atomic E-state index is 13.2. The van der Waals surface area contributed by atoms with Crippen molar-refractivity contribution >= 4 is 17.6 Å². The Morgan fingerprint density at radius 2 is 2.20 bits per heavy atom. The Kier molecular flexibility index (Phi) is 3.49. The zero-order chi connectivity index (χ0) is 11.6. The fourth-order valence-corrected chi connectivity index (χ4v) is 1.35. The van der Waals surface area contributed by atoms with Gasteiger partial charge in [0.1, 0.15) is 0 Å². The fourth-order valence-electron chi connectivity index (χ4n) is 1.13. The predicted molar refractivity (Wildman–Crippen MR) is 50.6 cm³/mol. The Morgan fingerprint density at radius 1 is 1.60 bits per heavy atom. The number of hydrogen-bond acceptors (Lipinski definition) is 3. The highest BCUT2D eigenvalue weighted by Crippen LogP contribution is 2.31. The molecule has 0 saturated heterocycles. The summed E-state index contributed by atoms with van der Waals surface area (Å²) in [6, 6.07) is 2.11. The van der Waals surface area contributed by atoms with E-state index in [0.717, 1.165) is 12.1 Å². The molecule has 1 aromatic carbocycles. The molecule has 0 amide bonds. The molecule has 0 radical (unpaired) electrons. The molecule has 0 aliphatic heterocycles. The topological polar surface area (TPSA) is 66.8 Å². The highest BCUT2D eigenvalue weighted by molar-refractivity contribution is 6.30. The van der Waals surface area contributed by atoms with E-state index >= 15 is 0 Å². The van der Waals surface area contributed by atoms with E-state index in [1.165, 1.54) is 7.11 Å². The maximum Gasteiger partial charge on any atom is 0.337 e. The molecule has 0 heterocycles. The van der Waals surface area contributed by atoms with Gasteiger partial charge in [0.05, 0.1) is 7.11 Å². The van der Waals surface area contributed by atoms with Crippen molar-refractivity contribution in [3.63, 3.8) is 0 Å². The number of aliphatic hydroxyl groups excluding tert-OH is 1. The average Bonchev–Trinajstić information content (AvgIpc) is 2.15. The van der Waals surface area contributed by atoms with Crippen molar-refractivity contribution in [2.45, 2.75) is 6.10 Å². The van der Waals surface area contributed by atoms with Crippen molar-refractivity contribution in [1.82, 2.24) is 0 Å². The molecule has 0 aliphatic rings. The molecule has 1 rings (SSSR count). The monoisotopic (exact) mass is 234 g/mol. The van der Waals surface area contributed by atoms with Crippen LogP contribution in [0.25, 0.3) is 0 Å². The minimum Gasteiger partial charge on any atom is -0.493 e. The lowest BCUT2D eigenvalue weighted by atomic mass is 10.1. The van der Waals surface area contributed by atoms with Gasteiger partial charge in [-0.1, -0.05) is 11.6 Å². The Hall–Kier alpha value is -1.33. The number of aliphatic carboxylic acids is 1. The van der Waals surface area contributed by atoms with Crippen molar-refractivity contribution in [3.8, 4) is 5.75 Å². The summed E-state index contributed by atoms with van der Waals surface area (Å²) in [5.41, 5.74) is -0.213. The summed E-state index contributed by atoms with van der Waals surface area (Å²) < 4.78 is 17.9. The van der Waals surface area contributed by atoms with E-state index in [1.54, 1.807) is 0 Å². The van der Waals surface area contributed by atoms with Crippen LogP contribution in [0.1, 0.15) is 11.7 Å². The smallest absolute Gasteiger partial charge is 0.337 e. The zero-order valence-electron chi connectivity index (χ0n) is 7.70. The van der Waals surface area contributed by atoms with Gasteiger partial charge in [-0.05, 0) is 12.1 Å². The Morgan fingerprint density at radius 3 is 2.67 bits per heavy atom. The van der Waals surface area contributed by atoms with Gasteiger partial charge >= 0.3 is 5.97 Å². The number of aliphatic hydroxyl groups is 1. The lowest BCUT2D eigenvalue weighted by molar-refractivity contribution is -0.147. The summed E-state index contributed by atoms with van der Waals surface area (Å²) in [6.45, 7) is 0. The predicted octanol–water partition coefficient (Wildman–Crippen LogP) is 1.61. The first-order valence-corrected chi connectivity index (χ1v) is 4.29. The van der Waals surface area contributed by atoms with Gasteiger partial charge in [-0.25, -0.2) is 9.18 Å². The quantitative estimate of drug-likeness (QED) is 0.834. The zero-order valence-corrected chi connectivity index (χ0v) is 8.45. The van der Waals surface area contributed by atoms with Gasteiger partial charge in [-0.3, -0.25) is 0 Å². The maximum atomic E-state index is 13.2. The number of methoxy groups -OCH3 is 1. The normalized spacial score (nSPS) is 12.3. The van der Waals surface area contributed by atoms with Crippen molar-refractivity contribution < 1.29 is 24.1 Å². The molecular formula is C9H8ClFO4. The Balaban J connectivity index is 3.32. The molecule has 0 saturated carbocycles. The molecule has 0 fully saturated rings.